The Labute approximate surface area is 227 Å². The van der Waals surface area contributed by atoms with Crippen LogP contribution in [0.4, 0.5) is 0 Å². The van der Waals surface area contributed by atoms with Gasteiger partial charge in [-0.15, -0.1) is 0 Å². The molecule has 1 aromatic carbocycles. The van der Waals surface area contributed by atoms with E-state index < -0.39 is 0 Å². The maximum Gasteiger partial charge on any atom is 0.106 e. The van der Waals surface area contributed by atoms with Crippen LogP contribution in [0.3, 0.4) is 0 Å². The number of aromatic amines is 1. The molecule has 3 aromatic rings. The lowest BCUT2D eigenvalue weighted by atomic mass is 10.0. The van der Waals surface area contributed by atoms with E-state index in [4.69, 9.17) is 10.7 Å². The van der Waals surface area contributed by atoms with Crippen LogP contribution in [-0.2, 0) is 12.8 Å². The molecule has 3 rings (SSSR count). The fraction of sp³-hybridized carbons (Fsp3) is 0.636. The van der Waals surface area contributed by atoms with Crippen molar-refractivity contribution in [2.24, 2.45) is 5.73 Å². The highest BCUT2D eigenvalue weighted by Gasteiger charge is 2.11. The van der Waals surface area contributed by atoms with Gasteiger partial charge in [-0.25, -0.2) is 4.98 Å². The summed E-state index contributed by atoms with van der Waals surface area (Å²) < 4.78 is 0. The fourth-order valence-electron chi connectivity index (χ4n) is 4.92. The Hall–Kier alpha value is -2.20. The van der Waals surface area contributed by atoms with Crippen LogP contribution in [0.15, 0.2) is 42.6 Å². The number of nitrogens with two attached hydrogens (primary N) is 1. The van der Waals surface area contributed by atoms with E-state index in [1.54, 1.807) is 0 Å². The first-order valence-corrected chi connectivity index (χ1v) is 15.3. The van der Waals surface area contributed by atoms with Crippen molar-refractivity contribution in [2.75, 3.05) is 0 Å². The molecule has 206 valence electrons. The minimum atomic E-state index is 0.0576. The normalized spacial score (nSPS) is 11.9. The highest BCUT2D eigenvalue weighted by atomic mass is 15.0. The van der Waals surface area contributed by atoms with Crippen LogP contribution >= 0.6 is 0 Å². The number of aryl methyl sites for hydroxylation is 2. The molecule has 0 aliphatic rings. The lowest BCUT2D eigenvalue weighted by Gasteiger charge is -2.03. The maximum atomic E-state index is 6.02. The molecular weight excluding hydrogens is 452 g/mol. The van der Waals surface area contributed by atoms with Crippen molar-refractivity contribution >= 4 is 10.9 Å². The van der Waals surface area contributed by atoms with E-state index in [0.29, 0.717) is 0 Å². The average molecular weight is 507 g/mol. The van der Waals surface area contributed by atoms with E-state index in [1.807, 2.05) is 37.4 Å². The Kier molecular flexibility index (Phi) is 16.6. The molecule has 0 radical (unpaired) electrons. The Balaban J connectivity index is 0.000000394. The summed E-state index contributed by atoms with van der Waals surface area (Å²) in [6.45, 7) is 6.47. The summed E-state index contributed by atoms with van der Waals surface area (Å²) in [6.07, 6.45) is 25.0. The third-order valence-corrected chi connectivity index (χ3v) is 7.18. The van der Waals surface area contributed by atoms with Gasteiger partial charge in [-0.05, 0) is 31.9 Å². The van der Waals surface area contributed by atoms with Crippen molar-refractivity contribution in [3.05, 3.63) is 59.8 Å². The van der Waals surface area contributed by atoms with Gasteiger partial charge in [0.15, 0.2) is 0 Å². The van der Waals surface area contributed by atoms with Crippen molar-refractivity contribution in [1.82, 2.24) is 15.0 Å². The molecule has 0 amide bonds. The van der Waals surface area contributed by atoms with Crippen LogP contribution in [-0.4, -0.2) is 15.0 Å². The van der Waals surface area contributed by atoms with Gasteiger partial charge >= 0.3 is 0 Å². The van der Waals surface area contributed by atoms with E-state index >= 15 is 0 Å². The molecule has 0 saturated heterocycles. The number of pyridine rings is 1. The average Bonchev–Trinajstić information content (AvgIpc) is 3.35. The predicted molar refractivity (Wildman–Crippen MR) is 161 cm³/mol. The molecule has 0 spiro atoms. The molecule has 4 heteroatoms. The van der Waals surface area contributed by atoms with Gasteiger partial charge in [0.25, 0.3) is 0 Å². The Morgan fingerprint density at radius 1 is 0.730 bits per heavy atom. The summed E-state index contributed by atoms with van der Waals surface area (Å²) in [5.74, 6) is 1.13. The number of rotatable bonds is 18. The summed E-state index contributed by atoms with van der Waals surface area (Å²) in [6, 6.07) is 12.1. The SMILES string of the molecule is CCCCCCCCCCCCCCCCCc1nc(CC)c(C(C)N)[nH]1.c1ccc2ncccc2c1. The zero-order valence-electron chi connectivity index (χ0n) is 24.1. The van der Waals surface area contributed by atoms with Crippen LogP contribution in [0, 0.1) is 0 Å². The number of H-pyrrole nitrogens is 1. The summed E-state index contributed by atoms with van der Waals surface area (Å²) in [4.78, 5) is 12.3. The number of imidazole rings is 1. The number of benzene rings is 1. The minimum absolute atomic E-state index is 0.0576. The van der Waals surface area contributed by atoms with Crippen molar-refractivity contribution in [3.63, 3.8) is 0 Å². The molecule has 2 heterocycles. The van der Waals surface area contributed by atoms with Crippen LogP contribution < -0.4 is 5.73 Å². The second kappa shape index (κ2) is 19.9. The molecule has 0 fully saturated rings. The summed E-state index contributed by atoms with van der Waals surface area (Å²) in [7, 11) is 0. The third-order valence-electron chi connectivity index (χ3n) is 7.18. The molecule has 1 atom stereocenters. The quantitative estimate of drug-likeness (QED) is 0.169. The standard InChI is InChI=1S/C24H47N3.C9H7N/c1-4-6-7-8-9-10-11-12-13-14-15-16-17-18-19-20-23-26-22(5-2)24(27-23)21(3)25;1-2-6-9-8(4-1)5-3-7-10-9/h21H,4-20,25H2,1-3H3,(H,26,27);1-7H. The molecule has 1 unspecified atom stereocenters. The van der Waals surface area contributed by atoms with E-state index in [-0.39, 0.29) is 6.04 Å². The van der Waals surface area contributed by atoms with Crippen molar-refractivity contribution in [1.29, 1.82) is 0 Å². The topological polar surface area (TPSA) is 67.6 Å². The largest absolute Gasteiger partial charge is 0.344 e. The van der Waals surface area contributed by atoms with Crippen LogP contribution in [0.1, 0.15) is 140 Å². The Morgan fingerprint density at radius 3 is 1.78 bits per heavy atom. The number of fused-ring (bicyclic) bond motifs is 1. The first-order valence-electron chi connectivity index (χ1n) is 15.3. The molecule has 0 aliphatic heterocycles. The molecule has 0 aliphatic carbocycles. The van der Waals surface area contributed by atoms with E-state index in [0.717, 1.165) is 35.6 Å². The monoisotopic (exact) mass is 506 g/mol. The van der Waals surface area contributed by atoms with Crippen molar-refractivity contribution in [3.8, 4) is 0 Å². The van der Waals surface area contributed by atoms with E-state index in [2.05, 4.69) is 35.9 Å². The van der Waals surface area contributed by atoms with Gasteiger partial charge in [0.2, 0.25) is 0 Å². The molecule has 0 saturated carbocycles. The lowest BCUT2D eigenvalue weighted by Crippen LogP contribution is -2.08. The van der Waals surface area contributed by atoms with Crippen LogP contribution in [0.5, 0.6) is 0 Å². The van der Waals surface area contributed by atoms with Gasteiger partial charge in [-0.2, -0.15) is 0 Å². The van der Waals surface area contributed by atoms with Crippen LogP contribution in [0.2, 0.25) is 0 Å². The smallest absolute Gasteiger partial charge is 0.106 e. The van der Waals surface area contributed by atoms with Gasteiger partial charge in [0.05, 0.1) is 16.9 Å². The summed E-state index contributed by atoms with van der Waals surface area (Å²) in [5.41, 5.74) is 9.36. The highest BCUT2D eigenvalue weighted by molar-refractivity contribution is 5.77. The molecular formula is C33H54N4. The Bertz CT molecular complexity index is 881. The molecule has 37 heavy (non-hydrogen) atoms. The zero-order valence-corrected chi connectivity index (χ0v) is 24.1. The third kappa shape index (κ3) is 13.2. The number of unbranched alkanes of at least 4 members (excludes halogenated alkanes) is 14. The first kappa shape index (κ1) is 31.0. The number of para-hydroxylation sites is 1. The molecule has 3 N–H and O–H groups in total. The van der Waals surface area contributed by atoms with E-state index in [1.165, 1.54) is 102 Å². The highest BCUT2D eigenvalue weighted by Crippen LogP contribution is 2.17. The van der Waals surface area contributed by atoms with Gasteiger partial charge in [-0.1, -0.05) is 128 Å². The second-order valence-corrected chi connectivity index (χ2v) is 10.6. The molecule has 2 aromatic heterocycles. The predicted octanol–water partition coefficient (Wildman–Crippen LogP) is 9.64. The van der Waals surface area contributed by atoms with Gasteiger partial charge in [0, 0.05) is 24.0 Å². The van der Waals surface area contributed by atoms with Crippen molar-refractivity contribution < 1.29 is 0 Å². The maximum absolute atomic E-state index is 6.02. The number of aromatic nitrogens is 3. The number of nitrogens with one attached hydrogen (secondary N) is 1. The van der Waals surface area contributed by atoms with Gasteiger partial charge in [0.1, 0.15) is 5.82 Å². The van der Waals surface area contributed by atoms with Gasteiger partial charge < -0.3 is 10.7 Å². The Morgan fingerprint density at radius 2 is 1.27 bits per heavy atom. The second-order valence-electron chi connectivity index (χ2n) is 10.6. The number of nitrogens with zero attached hydrogens (tertiary/aromatic N) is 2. The fourth-order valence-corrected chi connectivity index (χ4v) is 4.92. The minimum Gasteiger partial charge on any atom is -0.344 e. The lowest BCUT2D eigenvalue weighted by molar-refractivity contribution is 0.531. The first-order chi connectivity index (χ1) is 18.2. The van der Waals surface area contributed by atoms with Crippen molar-refractivity contribution in [2.45, 2.75) is 136 Å². The summed E-state index contributed by atoms with van der Waals surface area (Å²) >= 11 is 0. The summed E-state index contributed by atoms with van der Waals surface area (Å²) in [5, 5.41) is 1.20. The van der Waals surface area contributed by atoms with E-state index in [9.17, 15) is 0 Å². The number of hydrogen-bond donors (Lipinski definition) is 2. The zero-order chi connectivity index (χ0) is 26.6. The molecule has 0 bridgehead atoms. The van der Waals surface area contributed by atoms with Gasteiger partial charge in [-0.3, -0.25) is 4.98 Å². The molecule has 4 nitrogen and oxygen atoms in total. The van der Waals surface area contributed by atoms with Crippen LogP contribution in [0.25, 0.3) is 10.9 Å². The number of hydrogen-bond acceptors (Lipinski definition) is 3.